The van der Waals surface area contributed by atoms with Gasteiger partial charge in [-0.25, -0.2) is 9.78 Å². The molecule has 1 amide bonds. The number of aryl methyl sites for hydroxylation is 3. The van der Waals surface area contributed by atoms with Crippen molar-refractivity contribution in [3.63, 3.8) is 0 Å². The van der Waals surface area contributed by atoms with E-state index in [4.69, 9.17) is 4.74 Å². The second-order valence-electron chi connectivity index (χ2n) is 6.08. The number of anilines is 1. The van der Waals surface area contributed by atoms with Crippen LogP contribution < -0.4 is 5.32 Å². The van der Waals surface area contributed by atoms with Crippen LogP contribution in [0.15, 0.2) is 18.2 Å². The fourth-order valence-electron chi connectivity index (χ4n) is 2.71. The van der Waals surface area contributed by atoms with E-state index in [0.717, 1.165) is 26.2 Å². The Hall–Kier alpha value is -2.25. The fourth-order valence-corrected chi connectivity index (χ4v) is 4.94. The molecule has 7 heteroatoms. The normalized spacial score (nSPS) is 10.9. The van der Waals surface area contributed by atoms with Crippen molar-refractivity contribution >= 4 is 49.2 Å². The van der Waals surface area contributed by atoms with Crippen molar-refractivity contribution in [2.45, 2.75) is 34.1 Å². The number of thiophene rings is 1. The molecule has 2 aromatic heterocycles. The lowest BCUT2D eigenvalue weighted by Crippen LogP contribution is -2.14. The van der Waals surface area contributed by atoms with Crippen LogP contribution in [0.2, 0.25) is 0 Å². The first-order valence-electron chi connectivity index (χ1n) is 8.32. The minimum Gasteiger partial charge on any atom is -0.462 e. The number of carbonyl (C=O) groups is 2. The van der Waals surface area contributed by atoms with E-state index in [1.807, 2.05) is 32.9 Å². The lowest BCUT2D eigenvalue weighted by Gasteiger charge is -2.06. The molecule has 0 unspecified atom stereocenters. The van der Waals surface area contributed by atoms with Crippen molar-refractivity contribution in [3.8, 4) is 0 Å². The summed E-state index contributed by atoms with van der Waals surface area (Å²) in [6.07, 6.45) is 0.312. The number of hydrogen-bond acceptors (Lipinski definition) is 6. The molecule has 0 saturated carbocycles. The molecule has 0 aliphatic rings. The average molecular weight is 389 g/mol. The number of benzene rings is 1. The monoisotopic (exact) mass is 388 g/mol. The zero-order chi connectivity index (χ0) is 18.8. The molecule has 0 bridgehead atoms. The lowest BCUT2D eigenvalue weighted by atomic mass is 10.0. The summed E-state index contributed by atoms with van der Waals surface area (Å²) in [6, 6.07) is 6.07. The van der Waals surface area contributed by atoms with Gasteiger partial charge >= 0.3 is 5.97 Å². The predicted molar refractivity (Wildman–Crippen MR) is 106 cm³/mol. The quantitative estimate of drug-likeness (QED) is 0.647. The summed E-state index contributed by atoms with van der Waals surface area (Å²) in [4.78, 5) is 30.1. The maximum Gasteiger partial charge on any atom is 0.348 e. The molecule has 0 spiro atoms. The van der Waals surface area contributed by atoms with Gasteiger partial charge in [0, 0.05) is 0 Å². The number of amides is 1. The van der Waals surface area contributed by atoms with Crippen LogP contribution in [0.3, 0.4) is 0 Å². The van der Waals surface area contributed by atoms with Crippen molar-refractivity contribution in [1.29, 1.82) is 0 Å². The van der Waals surface area contributed by atoms with Gasteiger partial charge in [0.1, 0.15) is 9.71 Å². The topological polar surface area (TPSA) is 68.3 Å². The number of carbonyl (C=O) groups excluding carboxylic acids is 2. The van der Waals surface area contributed by atoms with Crippen molar-refractivity contribution in [2.75, 3.05) is 11.9 Å². The smallest absolute Gasteiger partial charge is 0.348 e. The summed E-state index contributed by atoms with van der Waals surface area (Å²) in [5.41, 5.74) is 4.15. The molecule has 5 nitrogen and oxygen atoms in total. The first-order valence-corrected chi connectivity index (χ1v) is 9.95. The molecule has 0 radical (unpaired) electrons. The van der Waals surface area contributed by atoms with Gasteiger partial charge in [0.15, 0.2) is 5.13 Å². The predicted octanol–water partition coefficient (Wildman–Crippen LogP) is 4.64. The van der Waals surface area contributed by atoms with Gasteiger partial charge in [0.05, 0.1) is 17.7 Å². The van der Waals surface area contributed by atoms with Crippen LogP contribution in [0.5, 0.6) is 0 Å². The molecule has 0 saturated heterocycles. The highest BCUT2D eigenvalue weighted by atomic mass is 32.1. The number of aromatic nitrogens is 1. The summed E-state index contributed by atoms with van der Waals surface area (Å²) in [7, 11) is 0. The van der Waals surface area contributed by atoms with Crippen LogP contribution in [-0.4, -0.2) is 23.5 Å². The van der Waals surface area contributed by atoms with Gasteiger partial charge in [0.25, 0.3) is 0 Å². The highest BCUT2D eigenvalue weighted by Crippen LogP contribution is 2.37. The van der Waals surface area contributed by atoms with Crippen molar-refractivity contribution in [3.05, 3.63) is 45.3 Å². The van der Waals surface area contributed by atoms with Gasteiger partial charge in [-0.1, -0.05) is 35.1 Å². The summed E-state index contributed by atoms with van der Waals surface area (Å²) in [6.45, 7) is 8.05. The van der Waals surface area contributed by atoms with E-state index in [1.165, 1.54) is 28.2 Å². The highest BCUT2D eigenvalue weighted by molar-refractivity contribution is 7.30. The van der Waals surface area contributed by atoms with Gasteiger partial charge in [-0.15, -0.1) is 11.3 Å². The molecular weight excluding hydrogens is 368 g/mol. The first-order chi connectivity index (χ1) is 12.4. The Morgan fingerprint density at radius 1 is 1.19 bits per heavy atom. The number of nitrogens with one attached hydrogen (secondary N) is 1. The third-order valence-corrected chi connectivity index (χ3v) is 6.42. The molecule has 3 rings (SSSR count). The number of rotatable bonds is 5. The fraction of sp³-hybridized carbons (Fsp3) is 0.316. The zero-order valence-corrected chi connectivity index (χ0v) is 16.8. The SMILES string of the molecule is CCOC(=O)c1sc2nc(NC(=O)Cc3ccc(C)cc3C)sc2c1C. The second-order valence-corrected chi connectivity index (χ2v) is 8.08. The Morgan fingerprint density at radius 3 is 2.62 bits per heavy atom. The number of fused-ring (bicyclic) bond motifs is 1. The molecule has 0 atom stereocenters. The van der Waals surface area contributed by atoms with Crippen LogP contribution >= 0.6 is 22.7 Å². The molecule has 0 aliphatic heterocycles. The Labute approximate surface area is 160 Å². The van der Waals surface area contributed by atoms with Gasteiger partial charge in [-0.2, -0.15) is 0 Å². The molecule has 136 valence electrons. The summed E-state index contributed by atoms with van der Waals surface area (Å²) in [5.74, 6) is -0.415. The summed E-state index contributed by atoms with van der Waals surface area (Å²) < 4.78 is 5.98. The number of nitrogens with zero attached hydrogens (tertiary/aromatic N) is 1. The number of esters is 1. The minimum absolute atomic E-state index is 0.0957. The molecule has 0 fully saturated rings. The molecule has 0 aliphatic carbocycles. The van der Waals surface area contributed by atoms with Crippen LogP contribution in [0.25, 0.3) is 9.53 Å². The number of thiazole rings is 1. The number of ether oxygens (including phenoxy) is 1. The molecule has 1 aromatic carbocycles. The van der Waals surface area contributed by atoms with Crippen LogP contribution in [0, 0.1) is 20.8 Å². The lowest BCUT2D eigenvalue weighted by molar-refractivity contribution is -0.115. The molecule has 3 aromatic rings. The van der Waals surface area contributed by atoms with E-state index >= 15 is 0 Å². The van der Waals surface area contributed by atoms with E-state index < -0.39 is 0 Å². The Morgan fingerprint density at radius 2 is 1.96 bits per heavy atom. The van der Waals surface area contributed by atoms with Crippen LogP contribution in [0.1, 0.15) is 38.8 Å². The molecule has 1 N–H and O–H groups in total. The van der Waals surface area contributed by atoms with Crippen molar-refractivity contribution in [2.24, 2.45) is 0 Å². The van der Waals surface area contributed by atoms with Gasteiger partial charge in [-0.3, -0.25) is 4.79 Å². The molecule has 2 heterocycles. The van der Waals surface area contributed by atoms with Gasteiger partial charge in [-0.05, 0) is 44.4 Å². The molecule has 26 heavy (non-hydrogen) atoms. The maximum atomic E-state index is 12.3. The van der Waals surface area contributed by atoms with Crippen molar-refractivity contribution < 1.29 is 14.3 Å². The number of hydrogen-bond donors (Lipinski definition) is 1. The Balaban J connectivity index is 1.74. The van der Waals surface area contributed by atoms with Gasteiger partial charge in [0.2, 0.25) is 5.91 Å². The maximum absolute atomic E-state index is 12.3. The Kier molecular flexibility index (Phi) is 5.38. The average Bonchev–Trinajstić information content (AvgIpc) is 3.09. The van der Waals surface area contributed by atoms with E-state index in [2.05, 4.69) is 16.4 Å². The van der Waals surface area contributed by atoms with E-state index in [0.29, 0.717) is 23.0 Å². The second kappa shape index (κ2) is 7.55. The zero-order valence-electron chi connectivity index (χ0n) is 15.1. The first kappa shape index (κ1) is 18.5. The summed E-state index contributed by atoms with van der Waals surface area (Å²) >= 11 is 2.69. The highest BCUT2D eigenvalue weighted by Gasteiger charge is 2.20. The molecular formula is C19H20N2O3S2. The third kappa shape index (κ3) is 3.78. The van der Waals surface area contributed by atoms with Crippen LogP contribution in [-0.2, 0) is 16.0 Å². The standard InChI is InChI=1S/C19H20N2O3S2/c1-5-24-18(23)16-12(4)15-17(25-16)21-19(26-15)20-14(22)9-13-7-6-10(2)8-11(13)3/h6-8H,5,9H2,1-4H3,(H,20,21,22). The van der Waals surface area contributed by atoms with Gasteiger partial charge < -0.3 is 10.1 Å². The minimum atomic E-state index is -0.319. The van der Waals surface area contributed by atoms with Crippen LogP contribution in [0.4, 0.5) is 5.13 Å². The Bertz CT molecular complexity index is 988. The van der Waals surface area contributed by atoms with E-state index in [9.17, 15) is 9.59 Å². The van der Waals surface area contributed by atoms with Crippen molar-refractivity contribution in [1.82, 2.24) is 4.98 Å². The largest absolute Gasteiger partial charge is 0.462 e. The third-order valence-electron chi connectivity index (χ3n) is 4.03. The van der Waals surface area contributed by atoms with E-state index in [-0.39, 0.29) is 11.9 Å². The summed E-state index contributed by atoms with van der Waals surface area (Å²) in [5, 5.41) is 3.42. The van der Waals surface area contributed by atoms with E-state index in [1.54, 1.807) is 6.92 Å².